The number of halogens is 3. The minimum absolute atomic E-state index is 0.0576. The molecule has 1 heterocycles. The van der Waals surface area contributed by atoms with Gasteiger partial charge >= 0.3 is 5.69 Å². The van der Waals surface area contributed by atoms with Crippen molar-refractivity contribution in [1.82, 2.24) is 9.66 Å². The molecule has 3 aromatic carbocycles. The fraction of sp³-hybridized carbons (Fsp3) is 0.160. The average molecular weight is 618 g/mol. The van der Waals surface area contributed by atoms with Gasteiger partial charge in [-0.1, -0.05) is 50.9 Å². The number of nitro groups is 1. The summed E-state index contributed by atoms with van der Waals surface area (Å²) in [6, 6.07) is 13.9. The molecule has 0 atom stereocenters. The van der Waals surface area contributed by atoms with E-state index in [2.05, 4.69) is 41.9 Å². The number of aryl methyl sites for hydroxylation is 1. The fourth-order valence-corrected chi connectivity index (χ4v) is 4.41. The van der Waals surface area contributed by atoms with Crippen molar-refractivity contribution < 1.29 is 14.1 Å². The Bertz CT molecular complexity index is 1560. The normalized spacial score (nSPS) is 11.3. The number of fused-ring (bicyclic) bond motifs is 1. The van der Waals surface area contributed by atoms with Gasteiger partial charge in [0.2, 0.25) is 5.75 Å². The highest BCUT2D eigenvalue weighted by Gasteiger charge is 2.21. The van der Waals surface area contributed by atoms with Gasteiger partial charge < -0.3 is 4.74 Å². The highest BCUT2D eigenvalue weighted by molar-refractivity contribution is 9.10. The Balaban J connectivity index is 1.81. The van der Waals surface area contributed by atoms with Crippen LogP contribution in [0.3, 0.4) is 0 Å². The number of hydrogen-bond donors (Lipinski definition) is 0. The SMILES string of the molecule is CCCc1nc2ccc(Br)cc2c(=O)n1N=Cc1cc(Br)cc([N+](=O)[O-])c1OCc1cccc(F)c1. The summed E-state index contributed by atoms with van der Waals surface area (Å²) in [6.45, 7) is 1.86. The number of nitro benzene ring substituents is 1. The Morgan fingerprint density at radius 3 is 2.69 bits per heavy atom. The summed E-state index contributed by atoms with van der Waals surface area (Å²) in [7, 11) is 0. The van der Waals surface area contributed by atoms with Gasteiger partial charge in [-0.25, -0.2) is 9.37 Å². The van der Waals surface area contributed by atoms with Crippen molar-refractivity contribution in [2.45, 2.75) is 26.4 Å². The molecule has 0 amide bonds. The van der Waals surface area contributed by atoms with Crippen molar-refractivity contribution in [2.75, 3.05) is 0 Å². The highest BCUT2D eigenvalue weighted by Crippen LogP contribution is 2.34. The van der Waals surface area contributed by atoms with E-state index in [9.17, 15) is 19.3 Å². The van der Waals surface area contributed by atoms with Gasteiger partial charge in [-0.3, -0.25) is 14.9 Å². The molecule has 0 unspecified atom stereocenters. The summed E-state index contributed by atoms with van der Waals surface area (Å²) < 4.78 is 21.7. The molecule has 0 saturated carbocycles. The van der Waals surface area contributed by atoms with Crippen LogP contribution in [0, 0.1) is 15.9 Å². The van der Waals surface area contributed by atoms with Crippen LogP contribution in [-0.2, 0) is 13.0 Å². The zero-order valence-electron chi connectivity index (χ0n) is 19.0. The monoisotopic (exact) mass is 616 g/mol. The maximum atomic E-state index is 13.6. The molecule has 8 nitrogen and oxygen atoms in total. The van der Waals surface area contributed by atoms with Gasteiger partial charge in [0, 0.05) is 27.0 Å². The van der Waals surface area contributed by atoms with Crippen LogP contribution in [0.25, 0.3) is 10.9 Å². The summed E-state index contributed by atoms with van der Waals surface area (Å²) in [5, 5.41) is 16.5. The summed E-state index contributed by atoms with van der Waals surface area (Å²) in [5.41, 5.74) is 0.643. The van der Waals surface area contributed by atoms with E-state index in [-0.39, 0.29) is 29.2 Å². The molecular weight excluding hydrogens is 599 g/mol. The van der Waals surface area contributed by atoms with Crippen LogP contribution in [-0.4, -0.2) is 20.8 Å². The number of hydrogen-bond acceptors (Lipinski definition) is 6. The Kier molecular flexibility index (Phi) is 7.90. The zero-order chi connectivity index (χ0) is 25.8. The molecular formula is C25H19Br2FN4O4. The first-order chi connectivity index (χ1) is 17.3. The van der Waals surface area contributed by atoms with E-state index < -0.39 is 10.7 Å². The predicted octanol–water partition coefficient (Wildman–Crippen LogP) is 6.38. The molecule has 0 aliphatic carbocycles. The summed E-state index contributed by atoms with van der Waals surface area (Å²) in [4.78, 5) is 29.1. The Morgan fingerprint density at radius 2 is 1.97 bits per heavy atom. The third kappa shape index (κ3) is 5.68. The Morgan fingerprint density at radius 1 is 1.17 bits per heavy atom. The number of ether oxygens (including phenoxy) is 1. The van der Waals surface area contributed by atoms with Gasteiger partial charge in [0.1, 0.15) is 18.2 Å². The lowest BCUT2D eigenvalue weighted by atomic mass is 10.2. The van der Waals surface area contributed by atoms with Crippen LogP contribution in [0.2, 0.25) is 0 Å². The lowest BCUT2D eigenvalue weighted by molar-refractivity contribution is -0.386. The second-order valence-electron chi connectivity index (χ2n) is 7.82. The van der Waals surface area contributed by atoms with Crippen LogP contribution in [0.5, 0.6) is 5.75 Å². The molecule has 0 bridgehead atoms. The first-order valence-electron chi connectivity index (χ1n) is 10.9. The van der Waals surface area contributed by atoms with Crippen LogP contribution in [0.4, 0.5) is 10.1 Å². The molecule has 4 rings (SSSR count). The molecule has 4 aromatic rings. The van der Waals surface area contributed by atoms with Gasteiger partial charge in [-0.15, -0.1) is 0 Å². The van der Waals surface area contributed by atoms with Gasteiger partial charge in [-0.2, -0.15) is 9.78 Å². The van der Waals surface area contributed by atoms with Crippen molar-refractivity contribution >= 4 is 54.7 Å². The quantitative estimate of drug-likeness (QED) is 0.130. The van der Waals surface area contributed by atoms with Crippen molar-refractivity contribution in [3.8, 4) is 5.75 Å². The van der Waals surface area contributed by atoms with E-state index in [0.717, 1.165) is 10.9 Å². The highest BCUT2D eigenvalue weighted by atomic mass is 79.9. The molecule has 0 saturated heterocycles. The molecule has 0 aliphatic rings. The topological polar surface area (TPSA) is 99.6 Å². The zero-order valence-corrected chi connectivity index (χ0v) is 22.1. The molecule has 0 aliphatic heterocycles. The second-order valence-corrected chi connectivity index (χ2v) is 9.65. The number of benzene rings is 3. The smallest absolute Gasteiger partial charge is 0.312 e. The summed E-state index contributed by atoms with van der Waals surface area (Å²) >= 11 is 6.66. The van der Waals surface area contributed by atoms with E-state index >= 15 is 0 Å². The maximum absolute atomic E-state index is 13.6. The lowest BCUT2D eigenvalue weighted by Gasteiger charge is -2.12. The summed E-state index contributed by atoms with van der Waals surface area (Å²) in [5.74, 6) is -0.0421. The van der Waals surface area contributed by atoms with Crippen molar-refractivity contribution in [3.63, 3.8) is 0 Å². The number of nitrogens with zero attached hydrogens (tertiary/aromatic N) is 4. The lowest BCUT2D eigenvalue weighted by Crippen LogP contribution is -2.22. The first-order valence-corrected chi connectivity index (χ1v) is 12.5. The van der Waals surface area contributed by atoms with Gasteiger partial charge in [0.05, 0.1) is 22.0 Å². The second kappa shape index (κ2) is 11.1. The number of rotatable bonds is 8. The standard InChI is InChI=1S/C25H19Br2FN4O4/c1-2-4-23-30-21-8-7-17(26)11-20(21)25(33)31(23)29-13-16-10-18(27)12-22(32(34)35)24(16)36-14-15-5-3-6-19(28)9-15/h3,5-13H,2,4,14H2,1H3. The molecule has 11 heteroatoms. The van der Waals surface area contributed by atoms with E-state index in [1.165, 1.54) is 35.2 Å². The maximum Gasteiger partial charge on any atom is 0.312 e. The molecule has 0 fully saturated rings. The van der Waals surface area contributed by atoms with Crippen LogP contribution >= 0.6 is 31.9 Å². The van der Waals surface area contributed by atoms with E-state index in [1.807, 2.05) is 6.92 Å². The predicted molar refractivity (Wildman–Crippen MR) is 142 cm³/mol. The van der Waals surface area contributed by atoms with E-state index in [0.29, 0.717) is 33.2 Å². The molecule has 0 N–H and O–H groups in total. The average Bonchev–Trinajstić information content (AvgIpc) is 2.83. The van der Waals surface area contributed by atoms with E-state index in [1.54, 1.807) is 30.3 Å². The van der Waals surface area contributed by atoms with Crippen molar-refractivity contribution in [1.29, 1.82) is 0 Å². The molecule has 36 heavy (non-hydrogen) atoms. The minimum Gasteiger partial charge on any atom is -0.481 e. The molecule has 0 radical (unpaired) electrons. The van der Waals surface area contributed by atoms with Gasteiger partial charge in [0.15, 0.2) is 0 Å². The Hall–Kier alpha value is -3.44. The van der Waals surface area contributed by atoms with Crippen LogP contribution < -0.4 is 10.3 Å². The molecule has 184 valence electrons. The van der Waals surface area contributed by atoms with Crippen molar-refractivity contribution in [3.05, 3.63) is 107 Å². The van der Waals surface area contributed by atoms with Crippen molar-refractivity contribution in [2.24, 2.45) is 5.10 Å². The van der Waals surface area contributed by atoms with Gasteiger partial charge in [-0.05, 0) is 48.4 Å². The molecule has 1 aromatic heterocycles. The third-order valence-electron chi connectivity index (χ3n) is 5.19. The third-order valence-corrected chi connectivity index (χ3v) is 6.14. The van der Waals surface area contributed by atoms with E-state index in [4.69, 9.17) is 4.74 Å². The largest absolute Gasteiger partial charge is 0.481 e. The molecule has 0 spiro atoms. The Labute approximate surface area is 221 Å². The van der Waals surface area contributed by atoms with Gasteiger partial charge in [0.25, 0.3) is 5.56 Å². The summed E-state index contributed by atoms with van der Waals surface area (Å²) in [6.07, 6.45) is 2.55. The minimum atomic E-state index is -0.577. The van der Waals surface area contributed by atoms with Crippen LogP contribution in [0.1, 0.15) is 30.3 Å². The first kappa shape index (κ1) is 25.6. The number of aromatic nitrogens is 2. The fourth-order valence-electron chi connectivity index (χ4n) is 3.59. The van der Waals surface area contributed by atoms with Crippen LogP contribution in [0.15, 0.2) is 73.4 Å².